The van der Waals surface area contributed by atoms with Crippen LogP contribution in [0, 0.1) is 0 Å². The Hall–Kier alpha value is -0.0631. The zero-order valence-electron chi connectivity index (χ0n) is 5.25. The number of halogens is 4. The lowest BCUT2D eigenvalue weighted by Crippen LogP contribution is -2.15. The Balaban J connectivity index is 0. The predicted molar refractivity (Wildman–Crippen MR) is 30.8 cm³/mol. The van der Waals surface area contributed by atoms with E-state index in [9.17, 15) is 13.2 Å². The van der Waals surface area contributed by atoms with Crippen LogP contribution in [0.25, 0.3) is 0 Å². The molecule has 0 atom stereocenters. The highest BCUT2D eigenvalue weighted by Gasteiger charge is 2.28. The van der Waals surface area contributed by atoms with Gasteiger partial charge in [0, 0.05) is 6.04 Å². The molecule has 0 aromatic carbocycles. The highest BCUT2D eigenvalue weighted by Crippen LogP contribution is 2.21. The fourth-order valence-corrected chi connectivity index (χ4v) is 1.20. The molecule has 0 aromatic heterocycles. The first-order valence-electron chi connectivity index (χ1n) is 2.27. The molecule has 0 fully saturated rings. The monoisotopic (exact) mass is 161 g/mol. The molecule has 5 heteroatoms. The van der Waals surface area contributed by atoms with Crippen molar-refractivity contribution in [1.82, 2.24) is 0 Å². The molecule has 0 saturated carbocycles. The maximum absolute atomic E-state index is 11.3. The van der Waals surface area contributed by atoms with E-state index < -0.39 is 21.0 Å². The van der Waals surface area contributed by atoms with Gasteiger partial charge in [-0.15, -0.1) is 0 Å². The van der Waals surface area contributed by atoms with E-state index in [0.29, 0.717) is 0 Å². The van der Waals surface area contributed by atoms with Gasteiger partial charge >= 0.3 is 6.18 Å². The van der Waals surface area contributed by atoms with Crippen molar-refractivity contribution in [1.29, 1.82) is 0 Å². The molecule has 0 saturated heterocycles. The average Bonchev–Trinajstić information content (AvgIpc) is 1.21. The van der Waals surface area contributed by atoms with Gasteiger partial charge in [-0.2, -0.15) is 13.2 Å². The fraction of sp³-hybridized carbons (Fsp3) is 1.00. The van der Waals surface area contributed by atoms with Gasteiger partial charge in [0.2, 0.25) is 0 Å². The molecule has 0 amide bonds. The molecule has 1 radical (unpaired) electrons. The molecule has 0 unspecified atom stereocenters. The molecular formula is C4H9F4Si. The summed E-state index contributed by atoms with van der Waals surface area (Å²) in [6.45, 7) is 3.30. The van der Waals surface area contributed by atoms with Gasteiger partial charge in [0.1, 0.15) is 0 Å². The molecule has 0 N–H and O–H groups in total. The second-order valence-corrected chi connectivity index (χ2v) is 4.77. The van der Waals surface area contributed by atoms with Gasteiger partial charge in [-0.3, -0.25) is 4.70 Å². The summed E-state index contributed by atoms with van der Waals surface area (Å²) in [5, 5.41) is 0. The van der Waals surface area contributed by atoms with Crippen LogP contribution in [0.5, 0.6) is 0 Å². The molecule has 0 nitrogen and oxygen atoms in total. The van der Waals surface area contributed by atoms with Crippen molar-refractivity contribution >= 4 is 8.80 Å². The molecule has 0 aliphatic heterocycles. The summed E-state index contributed by atoms with van der Waals surface area (Å²) in [5.74, 6) is 0. The van der Waals surface area contributed by atoms with Crippen molar-refractivity contribution in [3.63, 3.8) is 0 Å². The third kappa shape index (κ3) is 11.5. The molecule has 0 bridgehead atoms. The lowest BCUT2D eigenvalue weighted by Gasteiger charge is -2.05. The fourth-order valence-electron chi connectivity index (χ4n) is 0.401. The number of hydrogen-bond acceptors (Lipinski definition) is 0. The predicted octanol–water partition coefficient (Wildman–Crippen LogP) is 2.46. The van der Waals surface area contributed by atoms with Gasteiger partial charge in [-0.25, -0.2) is 0 Å². The SMILES string of the molecule is C[Si](C)CC(F)(F)F.F. The lowest BCUT2D eigenvalue weighted by molar-refractivity contribution is -0.110. The molecule has 0 heterocycles. The van der Waals surface area contributed by atoms with Crippen molar-refractivity contribution in [2.24, 2.45) is 0 Å². The van der Waals surface area contributed by atoms with Crippen LogP contribution in [0.3, 0.4) is 0 Å². The molecule has 0 aromatic rings. The van der Waals surface area contributed by atoms with E-state index in [1.807, 2.05) is 0 Å². The van der Waals surface area contributed by atoms with Crippen molar-refractivity contribution in [3.05, 3.63) is 0 Å². The maximum Gasteiger partial charge on any atom is 0.386 e. The third-order valence-corrected chi connectivity index (χ3v) is 1.66. The van der Waals surface area contributed by atoms with Crippen molar-refractivity contribution < 1.29 is 17.9 Å². The van der Waals surface area contributed by atoms with E-state index in [-0.39, 0.29) is 4.70 Å². The lowest BCUT2D eigenvalue weighted by atomic mass is 10.8. The first kappa shape index (κ1) is 11.7. The molecule has 57 valence electrons. The number of hydrogen-bond donors (Lipinski definition) is 0. The molecular weight excluding hydrogens is 152 g/mol. The van der Waals surface area contributed by atoms with Crippen LogP contribution in [0.2, 0.25) is 19.1 Å². The van der Waals surface area contributed by atoms with Crippen LogP contribution in [0.4, 0.5) is 17.9 Å². The number of rotatable bonds is 1. The smallest absolute Gasteiger partial charge is 0.269 e. The minimum absolute atomic E-state index is 0. The second-order valence-electron chi connectivity index (χ2n) is 2.00. The Bertz CT molecular complexity index is 67.5. The zero-order valence-corrected chi connectivity index (χ0v) is 6.25. The normalized spacial score (nSPS) is 11.3. The van der Waals surface area contributed by atoms with Gasteiger partial charge in [-0.05, 0) is 0 Å². The van der Waals surface area contributed by atoms with E-state index >= 15 is 0 Å². The van der Waals surface area contributed by atoms with E-state index in [1.54, 1.807) is 13.1 Å². The van der Waals surface area contributed by atoms with Crippen LogP contribution in [-0.4, -0.2) is 15.0 Å². The van der Waals surface area contributed by atoms with E-state index in [4.69, 9.17) is 0 Å². The van der Waals surface area contributed by atoms with Crippen molar-refractivity contribution in [2.75, 3.05) is 0 Å². The van der Waals surface area contributed by atoms with Crippen molar-refractivity contribution in [3.8, 4) is 0 Å². The summed E-state index contributed by atoms with van der Waals surface area (Å²) in [7, 11) is -1.12. The summed E-state index contributed by atoms with van der Waals surface area (Å²) in [6, 6.07) is -0.572. The quantitative estimate of drug-likeness (QED) is 0.409. The molecule has 9 heavy (non-hydrogen) atoms. The van der Waals surface area contributed by atoms with Crippen molar-refractivity contribution in [2.45, 2.75) is 25.3 Å². The van der Waals surface area contributed by atoms with Crippen LogP contribution < -0.4 is 0 Å². The van der Waals surface area contributed by atoms with Gasteiger partial charge in [-0.1, -0.05) is 13.1 Å². The van der Waals surface area contributed by atoms with Gasteiger partial charge < -0.3 is 0 Å². The number of alkyl halides is 3. The topological polar surface area (TPSA) is 0 Å². The third-order valence-electron chi connectivity index (χ3n) is 0.554. The van der Waals surface area contributed by atoms with Gasteiger partial charge in [0.25, 0.3) is 0 Å². The van der Waals surface area contributed by atoms with Crippen LogP contribution in [0.15, 0.2) is 0 Å². The van der Waals surface area contributed by atoms with Gasteiger partial charge in [0.05, 0.1) is 8.80 Å². The first-order valence-corrected chi connectivity index (χ1v) is 4.98. The van der Waals surface area contributed by atoms with E-state index in [2.05, 4.69) is 0 Å². The Morgan fingerprint density at radius 3 is 1.56 bits per heavy atom. The molecule has 0 aliphatic rings. The second kappa shape index (κ2) is 3.87. The average molecular weight is 161 g/mol. The highest BCUT2D eigenvalue weighted by atomic mass is 28.3. The zero-order chi connectivity index (χ0) is 6.78. The largest absolute Gasteiger partial charge is 0.386 e. The summed E-state index contributed by atoms with van der Waals surface area (Å²) in [4.78, 5) is 0. The van der Waals surface area contributed by atoms with Crippen LogP contribution in [-0.2, 0) is 0 Å². The first-order chi connectivity index (χ1) is 3.42. The summed E-state index contributed by atoms with van der Waals surface area (Å²) in [5.41, 5.74) is 0. The summed E-state index contributed by atoms with van der Waals surface area (Å²) < 4.78 is 34.0. The van der Waals surface area contributed by atoms with Gasteiger partial charge in [0.15, 0.2) is 0 Å². The van der Waals surface area contributed by atoms with E-state index in [0.717, 1.165) is 0 Å². The minimum atomic E-state index is -3.93. The van der Waals surface area contributed by atoms with Crippen LogP contribution in [0.1, 0.15) is 0 Å². The van der Waals surface area contributed by atoms with E-state index in [1.165, 1.54) is 0 Å². The Morgan fingerprint density at radius 2 is 1.56 bits per heavy atom. The highest BCUT2D eigenvalue weighted by molar-refractivity contribution is 6.55. The molecule has 0 rings (SSSR count). The standard InChI is InChI=1S/C4H8F3Si.FH/c1-8(2)3-4(5,6)7;/h3H2,1-2H3;1H. The Kier molecular flexibility index (Phi) is 5.03. The molecule has 0 spiro atoms. The Morgan fingerprint density at radius 1 is 1.22 bits per heavy atom. The summed E-state index contributed by atoms with van der Waals surface area (Å²) >= 11 is 0. The Labute approximate surface area is 53.0 Å². The minimum Gasteiger partial charge on any atom is -0.269 e. The summed E-state index contributed by atoms with van der Waals surface area (Å²) in [6.07, 6.45) is -3.93. The van der Waals surface area contributed by atoms with Crippen LogP contribution >= 0.6 is 0 Å². The maximum atomic E-state index is 11.3. The molecule has 0 aliphatic carbocycles.